The van der Waals surface area contributed by atoms with Crippen LogP contribution in [0.5, 0.6) is 0 Å². The largest absolute Gasteiger partial charge is 0.390 e. The second-order valence-corrected chi connectivity index (χ2v) is 6.78. The Morgan fingerprint density at radius 3 is 2.81 bits per heavy atom. The Morgan fingerprint density at radius 1 is 1.43 bits per heavy atom. The number of rotatable bonds is 5. The van der Waals surface area contributed by atoms with Crippen LogP contribution in [0.2, 0.25) is 0 Å². The van der Waals surface area contributed by atoms with Gasteiger partial charge in [-0.15, -0.1) is 0 Å². The fourth-order valence-corrected chi connectivity index (χ4v) is 3.79. The highest BCUT2D eigenvalue weighted by Gasteiger charge is 2.29. The summed E-state index contributed by atoms with van der Waals surface area (Å²) in [5.74, 6) is 0.110. The first-order chi connectivity index (χ1) is 9.95. The number of azide groups is 1. The van der Waals surface area contributed by atoms with Gasteiger partial charge in [-0.3, -0.25) is 4.31 Å². The predicted molar refractivity (Wildman–Crippen MR) is 77.2 cm³/mol. The zero-order valence-corrected chi connectivity index (χ0v) is 12.0. The maximum atomic E-state index is 11.9. The summed E-state index contributed by atoms with van der Waals surface area (Å²) < 4.78 is 25.0. The van der Waals surface area contributed by atoms with E-state index in [1.807, 2.05) is 0 Å². The third kappa shape index (κ3) is 3.45. The molecule has 0 bridgehead atoms. The summed E-state index contributed by atoms with van der Waals surface area (Å²) >= 11 is 0. The number of aliphatic hydroxyl groups excluding tert-OH is 2. The molecule has 1 aromatic rings. The Labute approximate surface area is 122 Å². The van der Waals surface area contributed by atoms with Crippen molar-refractivity contribution in [3.63, 3.8) is 0 Å². The van der Waals surface area contributed by atoms with Crippen LogP contribution in [0.25, 0.3) is 10.4 Å². The molecule has 1 fully saturated rings. The fraction of sp³-hybridized carbons (Fsp3) is 0.500. The van der Waals surface area contributed by atoms with Gasteiger partial charge in [-0.05, 0) is 29.6 Å². The predicted octanol–water partition coefficient (Wildman–Crippen LogP) is 0.931. The normalized spacial score (nSPS) is 19.8. The van der Waals surface area contributed by atoms with E-state index in [0.717, 1.165) is 0 Å². The monoisotopic (exact) mass is 312 g/mol. The minimum absolute atomic E-state index is 0.110. The highest BCUT2D eigenvalue weighted by atomic mass is 32.2. The van der Waals surface area contributed by atoms with Crippen LogP contribution in [0.1, 0.15) is 18.1 Å². The van der Waals surface area contributed by atoms with Gasteiger partial charge in [0.15, 0.2) is 0 Å². The van der Waals surface area contributed by atoms with Crippen molar-refractivity contribution in [3.8, 4) is 0 Å². The van der Waals surface area contributed by atoms with E-state index >= 15 is 0 Å². The van der Waals surface area contributed by atoms with Crippen LogP contribution >= 0.6 is 0 Å². The smallest absolute Gasteiger partial charge is 0.235 e. The number of anilines is 1. The van der Waals surface area contributed by atoms with Crippen LogP contribution in [-0.4, -0.2) is 43.6 Å². The summed E-state index contributed by atoms with van der Waals surface area (Å²) in [6, 6.07) is 6.35. The van der Waals surface area contributed by atoms with E-state index < -0.39 is 22.2 Å². The van der Waals surface area contributed by atoms with Crippen molar-refractivity contribution < 1.29 is 18.6 Å². The molecular formula is C12H16N4O4S. The average molecular weight is 312 g/mol. The molecule has 2 atom stereocenters. The Morgan fingerprint density at radius 2 is 2.19 bits per heavy atom. The van der Waals surface area contributed by atoms with E-state index in [4.69, 9.17) is 5.53 Å². The van der Waals surface area contributed by atoms with Gasteiger partial charge >= 0.3 is 0 Å². The molecule has 0 amide bonds. The van der Waals surface area contributed by atoms with Gasteiger partial charge in [-0.1, -0.05) is 17.2 Å². The van der Waals surface area contributed by atoms with Gasteiger partial charge < -0.3 is 10.2 Å². The zero-order chi connectivity index (χ0) is 15.5. The van der Waals surface area contributed by atoms with Crippen LogP contribution in [0.4, 0.5) is 5.69 Å². The minimum atomic E-state index is -3.29. The molecule has 2 N–H and O–H groups in total. The van der Waals surface area contributed by atoms with Crippen molar-refractivity contribution in [2.75, 3.05) is 23.1 Å². The van der Waals surface area contributed by atoms with Gasteiger partial charge in [-0.2, -0.15) is 0 Å². The Bertz CT molecular complexity index is 657. The standard InChI is InChI=1S/C12H16N4O4S/c13-15-14-8-11(17)12(18)9-3-1-4-10(7-9)16-5-2-6-21(16,19)20/h1,3-4,7,11-12,17-18H,2,5-6,8H2. The fourth-order valence-electron chi connectivity index (χ4n) is 2.24. The number of hydrogen-bond donors (Lipinski definition) is 2. The molecule has 1 saturated heterocycles. The van der Waals surface area contributed by atoms with E-state index in [2.05, 4.69) is 10.0 Å². The number of nitrogens with zero attached hydrogens (tertiary/aromatic N) is 4. The molecule has 0 spiro atoms. The summed E-state index contributed by atoms with van der Waals surface area (Å²) in [6.07, 6.45) is -1.93. The van der Waals surface area contributed by atoms with Crippen molar-refractivity contribution in [1.29, 1.82) is 0 Å². The lowest BCUT2D eigenvalue weighted by atomic mass is 10.0. The maximum absolute atomic E-state index is 11.9. The summed E-state index contributed by atoms with van der Waals surface area (Å²) in [6.45, 7) is 0.146. The highest BCUT2D eigenvalue weighted by Crippen LogP contribution is 2.27. The molecule has 2 unspecified atom stereocenters. The lowest BCUT2D eigenvalue weighted by Gasteiger charge is -2.20. The maximum Gasteiger partial charge on any atom is 0.235 e. The molecule has 8 nitrogen and oxygen atoms in total. The van der Waals surface area contributed by atoms with Crippen LogP contribution in [0, 0.1) is 0 Å². The quantitative estimate of drug-likeness (QED) is 0.476. The highest BCUT2D eigenvalue weighted by molar-refractivity contribution is 7.93. The summed E-state index contributed by atoms with van der Waals surface area (Å²) in [5.41, 5.74) is 9.03. The average Bonchev–Trinajstić information content (AvgIpc) is 2.83. The number of benzene rings is 1. The van der Waals surface area contributed by atoms with Gasteiger partial charge in [-0.25, -0.2) is 8.42 Å². The van der Waals surface area contributed by atoms with Crippen LogP contribution in [0.15, 0.2) is 29.4 Å². The first kappa shape index (κ1) is 15.6. The van der Waals surface area contributed by atoms with Gasteiger partial charge in [0.25, 0.3) is 0 Å². The molecule has 0 aliphatic carbocycles. The summed E-state index contributed by atoms with van der Waals surface area (Å²) in [7, 11) is -3.29. The molecule has 9 heteroatoms. The molecular weight excluding hydrogens is 296 g/mol. The van der Waals surface area contributed by atoms with Gasteiger partial charge in [0.05, 0.1) is 24.1 Å². The second-order valence-electron chi connectivity index (χ2n) is 4.76. The van der Waals surface area contributed by atoms with E-state index in [0.29, 0.717) is 24.2 Å². The molecule has 0 radical (unpaired) electrons. The molecule has 1 aliphatic rings. The van der Waals surface area contributed by atoms with Crippen LogP contribution in [0.3, 0.4) is 0 Å². The third-order valence-corrected chi connectivity index (χ3v) is 5.16. The Kier molecular flexibility index (Phi) is 4.69. The van der Waals surface area contributed by atoms with Crippen molar-refractivity contribution in [2.45, 2.75) is 18.6 Å². The molecule has 114 valence electrons. The third-order valence-electron chi connectivity index (χ3n) is 3.30. The first-order valence-electron chi connectivity index (χ1n) is 6.43. The van der Waals surface area contributed by atoms with Crippen LogP contribution < -0.4 is 4.31 Å². The van der Waals surface area contributed by atoms with E-state index in [1.165, 1.54) is 10.4 Å². The molecule has 1 aromatic carbocycles. The Hall–Kier alpha value is -1.80. The number of sulfonamides is 1. The van der Waals surface area contributed by atoms with E-state index in [1.54, 1.807) is 18.2 Å². The molecule has 0 aromatic heterocycles. The van der Waals surface area contributed by atoms with Crippen molar-refractivity contribution in [1.82, 2.24) is 0 Å². The van der Waals surface area contributed by atoms with E-state index in [-0.39, 0.29) is 12.3 Å². The number of hydrogen-bond acceptors (Lipinski definition) is 5. The molecule has 2 rings (SSSR count). The van der Waals surface area contributed by atoms with Gasteiger partial charge in [0.2, 0.25) is 10.0 Å². The van der Waals surface area contributed by atoms with Crippen LogP contribution in [-0.2, 0) is 10.0 Å². The lowest BCUT2D eigenvalue weighted by Crippen LogP contribution is -2.26. The SMILES string of the molecule is [N-]=[N+]=NCC(O)C(O)c1cccc(N2CCCS2(=O)=O)c1. The molecule has 1 aliphatic heterocycles. The van der Waals surface area contributed by atoms with E-state index in [9.17, 15) is 18.6 Å². The minimum Gasteiger partial charge on any atom is -0.390 e. The zero-order valence-electron chi connectivity index (χ0n) is 11.2. The Balaban J connectivity index is 2.23. The van der Waals surface area contributed by atoms with Gasteiger partial charge in [0, 0.05) is 11.5 Å². The topological polar surface area (TPSA) is 127 Å². The van der Waals surface area contributed by atoms with Crippen molar-refractivity contribution >= 4 is 15.7 Å². The lowest BCUT2D eigenvalue weighted by molar-refractivity contribution is 0.0244. The summed E-state index contributed by atoms with van der Waals surface area (Å²) in [5, 5.41) is 22.9. The van der Waals surface area contributed by atoms with Gasteiger partial charge in [0.1, 0.15) is 6.10 Å². The second kappa shape index (κ2) is 6.31. The number of aliphatic hydroxyl groups is 2. The molecule has 21 heavy (non-hydrogen) atoms. The van der Waals surface area contributed by atoms with Crippen molar-refractivity contribution in [2.24, 2.45) is 5.11 Å². The summed E-state index contributed by atoms with van der Waals surface area (Å²) in [4.78, 5) is 2.52. The first-order valence-corrected chi connectivity index (χ1v) is 8.04. The van der Waals surface area contributed by atoms with Crippen molar-refractivity contribution in [3.05, 3.63) is 40.3 Å². The molecule has 1 heterocycles. The molecule has 0 saturated carbocycles.